The summed E-state index contributed by atoms with van der Waals surface area (Å²) >= 11 is 0. The molecule has 0 saturated carbocycles. The van der Waals surface area contributed by atoms with E-state index in [0.29, 0.717) is 13.1 Å². The third-order valence-electron chi connectivity index (χ3n) is 3.47. The highest BCUT2D eigenvalue weighted by Gasteiger charge is 2.29. The van der Waals surface area contributed by atoms with Gasteiger partial charge in [0, 0.05) is 32.9 Å². The average Bonchev–Trinajstić information content (AvgIpc) is 3.08. The molecule has 118 valence electrons. The number of nitrogens with zero attached hydrogens (tertiary/aromatic N) is 2. The molecule has 0 spiro atoms. The minimum atomic E-state index is -3.52. The van der Waals surface area contributed by atoms with Crippen molar-refractivity contribution in [2.45, 2.75) is 30.8 Å². The second-order valence-corrected chi connectivity index (χ2v) is 7.33. The normalized spacial score (nSPS) is 17.9. The Balaban J connectivity index is 2.16. The molecule has 1 amide bonds. The number of rotatable bonds is 5. The van der Waals surface area contributed by atoms with Gasteiger partial charge >= 0.3 is 0 Å². The number of carbonyl (C=O) groups is 1. The molecule has 2 N–H and O–H groups in total. The number of aromatic nitrogens is 1. The van der Waals surface area contributed by atoms with Gasteiger partial charge in [-0.25, -0.2) is 8.42 Å². The van der Waals surface area contributed by atoms with Crippen LogP contribution in [0.4, 0.5) is 0 Å². The van der Waals surface area contributed by atoms with Crippen molar-refractivity contribution >= 4 is 15.9 Å². The zero-order valence-corrected chi connectivity index (χ0v) is 13.1. The SMILES string of the molecule is CC(O)CN(C)C(=O)c1cc(S(=O)(=O)N2CCCC2)c[nH]1. The first kappa shape index (κ1) is 16.0. The number of aromatic amines is 1. The Labute approximate surface area is 124 Å². The number of sulfonamides is 1. The molecule has 1 fully saturated rings. The minimum Gasteiger partial charge on any atom is -0.392 e. The highest BCUT2D eigenvalue weighted by atomic mass is 32.2. The van der Waals surface area contributed by atoms with Gasteiger partial charge in [0.05, 0.1) is 6.10 Å². The molecule has 1 saturated heterocycles. The number of H-pyrrole nitrogens is 1. The summed E-state index contributed by atoms with van der Waals surface area (Å²) in [6, 6.07) is 1.36. The van der Waals surface area contributed by atoms with E-state index in [1.807, 2.05) is 0 Å². The van der Waals surface area contributed by atoms with Gasteiger partial charge in [0.2, 0.25) is 10.0 Å². The molecule has 1 aromatic rings. The van der Waals surface area contributed by atoms with E-state index in [0.717, 1.165) is 12.8 Å². The lowest BCUT2D eigenvalue weighted by Gasteiger charge is -2.17. The zero-order valence-electron chi connectivity index (χ0n) is 12.2. The summed E-state index contributed by atoms with van der Waals surface area (Å²) in [6.45, 7) is 2.82. The first-order valence-electron chi connectivity index (χ1n) is 6.94. The summed E-state index contributed by atoms with van der Waals surface area (Å²) in [6.07, 6.45) is 2.44. The summed E-state index contributed by atoms with van der Waals surface area (Å²) in [4.78, 5) is 16.3. The van der Waals surface area contributed by atoms with Gasteiger partial charge in [0.1, 0.15) is 10.6 Å². The van der Waals surface area contributed by atoms with E-state index in [-0.39, 0.29) is 23.0 Å². The van der Waals surface area contributed by atoms with Crippen LogP contribution in [0.3, 0.4) is 0 Å². The Morgan fingerprint density at radius 1 is 1.48 bits per heavy atom. The minimum absolute atomic E-state index is 0.109. The fourth-order valence-corrected chi connectivity index (χ4v) is 3.92. The van der Waals surface area contributed by atoms with Gasteiger partial charge < -0.3 is 15.0 Å². The lowest BCUT2D eigenvalue weighted by atomic mass is 10.3. The summed E-state index contributed by atoms with van der Waals surface area (Å²) in [5, 5.41) is 9.29. The molecule has 0 bridgehead atoms. The molecule has 0 aliphatic carbocycles. The predicted octanol–water partition coefficient (Wildman–Crippen LogP) is 0.252. The van der Waals surface area contributed by atoms with E-state index in [1.54, 1.807) is 14.0 Å². The molecule has 1 aliphatic rings. The highest BCUT2D eigenvalue weighted by Crippen LogP contribution is 2.21. The molecule has 0 aromatic carbocycles. The van der Waals surface area contributed by atoms with Crippen molar-refractivity contribution in [1.82, 2.24) is 14.2 Å². The van der Waals surface area contributed by atoms with Crippen molar-refractivity contribution in [1.29, 1.82) is 0 Å². The molecule has 8 heteroatoms. The second-order valence-electron chi connectivity index (χ2n) is 5.39. The van der Waals surface area contributed by atoms with E-state index >= 15 is 0 Å². The molecule has 21 heavy (non-hydrogen) atoms. The average molecular weight is 315 g/mol. The summed E-state index contributed by atoms with van der Waals surface area (Å²) in [5.74, 6) is -0.348. The van der Waals surface area contributed by atoms with Crippen LogP contribution >= 0.6 is 0 Å². The number of carbonyl (C=O) groups excluding carboxylic acids is 1. The van der Waals surface area contributed by atoms with Crippen LogP contribution in [0.15, 0.2) is 17.2 Å². The Hall–Kier alpha value is -1.38. The van der Waals surface area contributed by atoms with Crippen LogP contribution in [0, 0.1) is 0 Å². The van der Waals surface area contributed by atoms with Gasteiger partial charge in [-0.1, -0.05) is 0 Å². The van der Waals surface area contributed by atoms with E-state index in [4.69, 9.17) is 0 Å². The van der Waals surface area contributed by atoms with E-state index in [1.165, 1.54) is 21.5 Å². The van der Waals surface area contributed by atoms with Gasteiger partial charge in [-0.2, -0.15) is 4.31 Å². The van der Waals surface area contributed by atoms with Crippen LogP contribution in [0.5, 0.6) is 0 Å². The van der Waals surface area contributed by atoms with Crippen LogP contribution < -0.4 is 0 Å². The smallest absolute Gasteiger partial charge is 0.270 e. The molecular weight excluding hydrogens is 294 g/mol. The number of hydrogen-bond donors (Lipinski definition) is 2. The number of aliphatic hydroxyl groups is 1. The Morgan fingerprint density at radius 2 is 2.10 bits per heavy atom. The van der Waals surface area contributed by atoms with Crippen LogP contribution in [-0.4, -0.2) is 66.4 Å². The monoisotopic (exact) mass is 315 g/mol. The molecule has 1 unspecified atom stereocenters. The summed E-state index contributed by atoms with van der Waals surface area (Å²) in [5.41, 5.74) is 0.205. The quantitative estimate of drug-likeness (QED) is 0.814. The first-order chi connectivity index (χ1) is 9.82. The fraction of sp³-hybridized carbons (Fsp3) is 0.615. The highest BCUT2D eigenvalue weighted by molar-refractivity contribution is 7.89. The van der Waals surface area contributed by atoms with Gasteiger partial charge in [-0.3, -0.25) is 4.79 Å². The zero-order chi connectivity index (χ0) is 15.6. The maximum Gasteiger partial charge on any atom is 0.270 e. The number of aliphatic hydroxyl groups excluding tert-OH is 1. The van der Waals surface area contributed by atoms with Crippen molar-refractivity contribution in [3.05, 3.63) is 18.0 Å². The maximum atomic E-state index is 12.4. The van der Waals surface area contributed by atoms with Crippen molar-refractivity contribution in [2.24, 2.45) is 0 Å². The molecule has 7 nitrogen and oxygen atoms in total. The van der Waals surface area contributed by atoms with Crippen LogP contribution in [0.2, 0.25) is 0 Å². The van der Waals surface area contributed by atoms with Crippen molar-refractivity contribution in [3.8, 4) is 0 Å². The molecule has 1 aliphatic heterocycles. The van der Waals surface area contributed by atoms with E-state index in [2.05, 4.69) is 4.98 Å². The standard InChI is InChI=1S/C13H21N3O4S/c1-10(17)9-15(2)13(18)12-7-11(8-14-12)21(19,20)16-5-3-4-6-16/h7-8,10,14,17H,3-6,9H2,1-2H3. The van der Waals surface area contributed by atoms with Gasteiger partial charge in [0.15, 0.2) is 0 Å². The van der Waals surface area contributed by atoms with E-state index < -0.39 is 16.1 Å². The molecule has 1 atom stereocenters. The Bertz CT molecular complexity index is 603. The molecule has 1 aromatic heterocycles. The van der Waals surface area contributed by atoms with Gasteiger partial charge in [0.25, 0.3) is 5.91 Å². The number of hydrogen-bond acceptors (Lipinski definition) is 4. The number of likely N-dealkylation sites (N-methyl/N-ethyl adjacent to an activating group) is 1. The second kappa shape index (κ2) is 6.17. The van der Waals surface area contributed by atoms with Crippen LogP contribution in [0.25, 0.3) is 0 Å². The van der Waals surface area contributed by atoms with E-state index in [9.17, 15) is 18.3 Å². The van der Waals surface area contributed by atoms with Gasteiger partial charge in [-0.15, -0.1) is 0 Å². The van der Waals surface area contributed by atoms with Crippen LogP contribution in [-0.2, 0) is 10.0 Å². The summed E-state index contributed by atoms with van der Waals surface area (Å²) < 4.78 is 26.2. The van der Waals surface area contributed by atoms with Gasteiger partial charge in [-0.05, 0) is 25.8 Å². The van der Waals surface area contributed by atoms with Crippen LogP contribution in [0.1, 0.15) is 30.3 Å². The fourth-order valence-electron chi connectivity index (χ4n) is 2.41. The summed E-state index contributed by atoms with van der Waals surface area (Å²) in [7, 11) is -1.96. The Kier molecular flexibility index (Phi) is 4.70. The van der Waals surface area contributed by atoms with Crippen molar-refractivity contribution < 1.29 is 18.3 Å². The molecule has 2 heterocycles. The number of amides is 1. The molecular formula is C13H21N3O4S. The third-order valence-corrected chi connectivity index (χ3v) is 5.35. The number of nitrogens with one attached hydrogen (secondary N) is 1. The predicted molar refractivity (Wildman–Crippen MR) is 77.4 cm³/mol. The Morgan fingerprint density at radius 3 is 2.67 bits per heavy atom. The first-order valence-corrected chi connectivity index (χ1v) is 8.38. The lowest BCUT2D eigenvalue weighted by Crippen LogP contribution is -2.33. The van der Waals surface area contributed by atoms with Crippen molar-refractivity contribution in [2.75, 3.05) is 26.7 Å². The third kappa shape index (κ3) is 3.45. The maximum absolute atomic E-state index is 12.4. The van der Waals surface area contributed by atoms with Crippen molar-refractivity contribution in [3.63, 3.8) is 0 Å². The largest absolute Gasteiger partial charge is 0.392 e. The lowest BCUT2D eigenvalue weighted by molar-refractivity contribution is 0.0699. The molecule has 2 rings (SSSR count). The molecule has 0 radical (unpaired) electrons. The topological polar surface area (TPSA) is 93.7 Å².